The predicted molar refractivity (Wildman–Crippen MR) is 223 cm³/mol. The van der Waals surface area contributed by atoms with Crippen LogP contribution in [0.5, 0.6) is 0 Å². The minimum atomic E-state index is 0.127. The van der Waals surface area contributed by atoms with Crippen LogP contribution in [0.2, 0.25) is 0 Å². The van der Waals surface area contributed by atoms with Gasteiger partial charge in [0.1, 0.15) is 0 Å². The lowest BCUT2D eigenvalue weighted by molar-refractivity contribution is 0.109. The van der Waals surface area contributed by atoms with Crippen molar-refractivity contribution in [2.45, 2.75) is 169 Å². The number of likely N-dealkylation sites (N-methyl/N-ethyl adjacent to an activating group) is 1. The molecule has 6 aliphatic carbocycles. The molecule has 2 fully saturated rings. The van der Waals surface area contributed by atoms with E-state index in [2.05, 4.69) is 101 Å². The van der Waals surface area contributed by atoms with Gasteiger partial charge in [-0.15, -0.1) is 0 Å². The zero-order valence-corrected chi connectivity index (χ0v) is 34.4. The second kappa shape index (κ2) is 17.6. The van der Waals surface area contributed by atoms with Crippen molar-refractivity contribution >= 4 is 6.34 Å². The van der Waals surface area contributed by atoms with Gasteiger partial charge in [0.25, 0.3) is 0 Å². The summed E-state index contributed by atoms with van der Waals surface area (Å²) in [6.45, 7) is 15.6. The molecule has 0 aromatic carbocycles. The third kappa shape index (κ3) is 9.05. The molecule has 0 aliphatic heterocycles. The van der Waals surface area contributed by atoms with Gasteiger partial charge < -0.3 is 21.7 Å². The molecule has 0 aromatic heterocycles. The second-order valence-corrected chi connectivity index (χ2v) is 19.3. The van der Waals surface area contributed by atoms with E-state index in [9.17, 15) is 0 Å². The van der Waals surface area contributed by atoms with Gasteiger partial charge in [0.2, 0.25) is 0 Å². The van der Waals surface area contributed by atoms with Crippen molar-refractivity contribution in [2.24, 2.45) is 57.1 Å². The molecule has 52 heavy (non-hydrogen) atoms. The van der Waals surface area contributed by atoms with Crippen LogP contribution in [0.3, 0.4) is 0 Å². The normalized spacial score (nSPS) is 38.7. The van der Waals surface area contributed by atoms with Crippen LogP contribution in [-0.2, 0) is 0 Å². The van der Waals surface area contributed by atoms with Gasteiger partial charge in [0, 0.05) is 35.9 Å². The molecule has 0 radical (unpaired) electrons. The van der Waals surface area contributed by atoms with Gasteiger partial charge in [0.05, 0.1) is 12.4 Å². The van der Waals surface area contributed by atoms with Gasteiger partial charge in [-0.3, -0.25) is 4.99 Å². The highest BCUT2D eigenvalue weighted by molar-refractivity contribution is 5.60. The summed E-state index contributed by atoms with van der Waals surface area (Å²) in [5.41, 5.74) is 14.9. The van der Waals surface area contributed by atoms with Crippen molar-refractivity contribution in [3.63, 3.8) is 0 Å². The first kappa shape index (κ1) is 39.6. The first-order valence-electron chi connectivity index (χ1n) is 21.9. The number of nitrogens with two attached hydrogens (primary N) is 1. The third-order valence-corrected chi connectivity index (χ3v) is 15.1. The van der Waals surface area contributed by atoms with Crippen molar-refractivity contribution < 1.29 is 0 Å². The fraction of sp³-hybridized carbons (Fsp3) is 0.766. The van der Waals surface area contributed by atoms with Crippen molar-refractivity contribution in [1.82, 2.24) is 16.0 Å². The highest BCUT2D eigenvalue weighted by Crippen LogP contribution is 2.47. The van der Waals surface area contributed by atoms with Crippen LogP contribution in [0, 0.1) is 46.3 Å². The number of allylic oxidation sites excluding steroid dienone is 8. The number of hydrogen-bond donors (Lipinski definition) is 4. The third-order valence-electron chi connectivity index (χ3n) is 15.1. The number of aliphatic imine (C=N–C) groups is 1. The maximum Gasteiger partial charge on any atom is 0.0870 e. The van der Waals surface area contributed by atoms with Crippen LogP contribution >= 0.6 is 0 Å². The van der Waals surface area contributed by atoms with Crippen LogP contribution in [0.15, 0.2) is 63.5 Å². The minimum Gasteiger partial charge on any atom is -0.386 e. The molecule has 0 aromatic rings. The molecule has 9 atom stereocenters. The molecule has 0 heterocycles. The lowest BCUT2D eigenvalue weighted by Gasteiger charge is -2.45. The van der Waals surface area contributed by atoms with Gasteiger partial charge in [-0.1, -0.05) is 103 Å². The molecule has 5 nitrogen and oxygen atoms in total. The van der Waals surface area contributed by atoms with Gasteiger partial charge in [-0.05, 0) is 142 Å². The quantitative estimate of drug-likeness (QED) is 0.0924. The maximum atomic E-state index is 6.86. The predicted octanol–water partition coefficient (Wildman–Crippen LogP) is 10.5. The van der Waals surface area contributed by atoms with E-state index in [4.69, 9.17) is 10.7 Å². The SMILES string of the molecule is CNC([C@@H](CNC1=C(C2CCCC(C)C2)CCCC1C)/N=C/NC1=C(C2(C)CC=CCC2)C=C(C2C=CCC(C)C2N)CC1)C1(C)CCC(C)CC1. The standard InChI is InChI=1S/C47H77N5/c1-32-22-26-47(6,27-23-32)45(49-7)42(30-50-44-35(4)16-13-19-39(44)36-17-11-14-33(2)28-36)52-31-51-41-21-20-37(38-18-12-15-34(3)43(38)48)29-40(41)46(5)24-9-8-10-25-46/h8-9,12,18,29,31-36,38,42-43,45,49-50H,10-11,13-17,19-28,30,48H2,1-7H3,(H,51,52)/t32?,33?,34?,35?,36?,38?,42-,43?,45?,46?,47?/m1/s1. The van der Waals surface area contributed by atoms with Crippen molar-refractivity contribution in [1.29, 1.82) is 0 Å². The topological polar surface area (TPSA) is 74.5 Å². The molecule has 290 valence electrons. The Labute approximate surface area is 319 Å². The average molecular weight is 712 g/mol. The Morgan fingerprint density at radius 1 is 0.923 bits per heavy atom. The van der Waals surface area contributed by atoms with E-state index in [1.807, 2.05) is 0 Å². The Morgan fingerprint density at radius 3 is 2.46 bits per heavy atom. The first-order valence-corrected chi connectivity index (χ1v) is 21.9. The molecule has 5 N–H and O–H groups in total. The Kier molecular flexibility index (Phi) is 13.4. The molecule has 8 unspecified atom stereocenters. The number of nitrogens with one attached hydrogen (secondary N) is 3. The molecule has 6 aliphatic rings. The van der Waals surface area contributed by atoms with E-state index in [0.29, 0.717) is 23.8 Å². The Bertz CT molecular complexity index is 1390. The minimum absolute atomic E-state index is 0.127. The summed E-state index contributed by atoms with van der Waals surface area (Å²) >= 11 is 0. The zero-order chi connectivity index (χ0) is 36.9. The van der Waals surface area contributed by atoms with Crippen LogP contribution in [0.1, 0.15) is 151 Å². The number of rotatable bonds is 12. The van der Waals surface area contributed by atoms with Crippen LogP contribution in [0.4, 0.5) is 0 Å². The molecule has 0 spiro atoms. The van der Waals surface area contributed by atoms with E-state index >= 15 is 0 Å². The van der Waals surface area contributed by atoms with Crippen LogP contribution in [0.25, 0.3) is 0 Å². The van der Waals surface area contributed by atoms with Gasteiger partial charge >= 0.3 is 0 Å². The average Bonchev–Trinajstić information content (AvgIpc) is 3.14. The Hall–Kier alpha value is -2.11. The fourth-order valence-electron chi connectivity index (χ4n) is 11.4. The van der Waals surface area contributed by atoms with E-state index in [1.165, 1.54) is 93.9 Å². The summed E-state index contributed by atoms with van der Waals surface area (Å²) in [4.78, 5) is 5.54. The number of nitrogens with zero attached hydrogens (tertiary/aromatic N) is 1. The summed E-state index contributed by atoms with van der Waals surface area (Å²) in [7, 11) is 2.19. The smallest absolute Gasteiger partial charge is 0.0870 e. The fourth-order valence-corrected chi connectivity index (χ4v) is 11.4. The lowest BCUT2D eigenvalue weighted by Crippen LogP contribution is -2.53. The molecule has 5 heteroatoms. The monoisotopic (exact) mass is 712 g/mol. The summed E-state index contributed by atoms with van der Waals surface area (Å²) in [6, 6.07) is 0.660. The molecule has 0 amide bonds. The van der Waals surface area contributed by atoms with Gasteiger partial charge in [0.15, 0.2) is 0 Å². The van der Waals surface area contributed by atoms with Crippen molar-refractivity contribution in [3.8, 4) is 0 Å². The zero-order valence-electron chi connectivity index (χ0n) is 34.4. The second-order valence-electron chi connectivity index (χ2n) is 19.3. The molecular weight excluding hydrogens is 635 g/mol. The molecule has 2 saturated carbocycles. The van der Waals surface area contributed by atoms with Crippen LogP contribution < -0.4 is 21.7 Å². The Morgan fingerprint density at radius 2 is 1.73 bits per heavy atom. The highest BCUT2D eigenvalue weighted by atomic mass is 15.1. The largest absolute Gasteiger partial charge is 0.386 e. The lowest BCUT2D eigenvalue weighted by atomic mass is 9.66. The van der Waals surface area contributed by atoms with E-state index < -0.39 is 0 Å². The maximum absolute atomic E-state index is 6.86. The van der Waals surface area contributed by atoms with Crippen LogP contribution in [-0.4, -0.2) is 38.1 Å². The van der Waals surface area contributed by atoms with Crippen molar-refractivity contribution in [2.75, 3.05) is 13.6 Å². The van der Waals surface area contributed by atoms with E-state index in [-0.39, 0.29) is 22.9 Å². The van der Waals surface area contributed by atoms with E-state index in [1.54, 1.807) is 11.3 Å². The molecular formula is C47H77N5. The summed E-state index contributed by atoms with van der Waals surface area (Å²) in [5.74, 6) is 3.93. The summed E-state index contributed by atoms with van der Waals surface area (Å²) in [5, 5.41) is 11.9. The van der Waals surface area contributed by atoms with Gasteiger partial charge in [-0.25, -0.2) is 0 Å². The van der Waals surface area contributed by atoms with Crippen molar-refractivity contribution in [3.05, 3.63) is 58.5 Å². The highest BCUT2D eigenvalue weighted by Gasteiger charge is 2.41. The summed E-state index contributed by atoms with van der Waals surface area (Å²) in [6.07, 6.45) is 35.5. The van der Waals surface area contributed by atoms with E-state index in [0.717, 1.165) is 56.4 Å². The molecule has 0 bridgehead atoms. The Balaban J connectivity index is 1.29. The van der Waals surface area contributed by atoms with Gasteiger partial charge in [-0.2, -0.15) is 0 Å². The first-order chi connectivity index (χ1) is 25.0. The number of hydrogen-bond acceptors (Lipinski definition) is 4. The molecule has 0 saturated heterocycles. The summed E-state index contributed by atoms with van der Waals surface area (Å²) < 4.78 is 0. The molecule has 6 rings (SSSR count).